The first-order valence-corrected chi connectivity index (χ1v) is 7.19. The smallest absolute Gasteiger partial charge is 0.309 e. The number of nitrogens with zero attached hydrogens (tertiary/aromatic N) is 1. The van der Waals surface area contributed by atoms with Crippen molar-refractivity contribution in [1.29, 1.82) is 0 Å². The van der Waals surface area contributed by atoms with Gasteiger partial charge in [-0.15, -0.1) is 0 Å². The summed E-state index contributed by atoms with van der Waals surface area (Å²) >= 11 is 0. The van der Waals surface area contributed by atoms with Crippen LogP contribution in [0.25, 0.3) is 0 Å². The minimum atomic E-state index is -0.642. The molecule has 0 radical (unpaired) electrons. The average Bonchev–Trinajstić information content (AvgIpc) is 2.48. The zero-order valence-corrected chi connectivity index (χ0v) is 12.3. The quantitative estimate of drug-likeness (QED) is 0.899. The molecule has 4 heteroatoms. The fourth-order valence-corrected chi connectivity index (χ4v) is 2.93. The molecule has 1 heterocycles. The number of carbonyl (C=O) groups is 1. The summed E-state index contributed by atoms with van der Waals surface area (Å²) in [5.74, 6) is 0.259. The van der Waals surface area contributed by atoms with Crippen LogP contribution in [0.2, 0.25) is 0 Å². The van der Waals surface area contributed by atoms with Gasteiger partial charge in [-0.1, -0.05) is 25.1 Å². The first-order chi connectivity index (χ1) is 9.61. The van der Waals surface area contributed by atoms with Crippen LogP contribution in [0.1, 0.15) is 31.7 Å². The monoisotopic (exact) mass is 277 g/mol. The lowest BCUT2D eigenvalue weighted by Crippen LogP contribution is -2.43. The van der Waals surface area contributed by atoms with Crippen molar-refractivity contribution in [2.24, 2.45) is 5.41 Å². The first kappa shape index (κ1) is 14.9. The molecular weight excluding hydrogens is 254 g/mol. The van der Waals surface area contributed by atoms with Crippen molar-refractivity contribution in [2.75, 3.05) is 20.2 Å². The van der Waals surface area contributed by atoms with Crippen LogP contribution in [0.3, 0.4) is 0 Å². The number of piperidine rings is 1. The van der Waals surface area contributed by atoms with Gasteiger partial charge in [-0.3, -0.25) is 9.69 Å². The van der Waals surface area contributed by atoms with Crippen LogP contribution in [0.4, 0.5) is 0 Å². The third-order valence-electron chi connectivity index (χ3n) is 4.53. The Morgan fingerprint density at radius 2 is 2.00 bits per heavy atom. The zero-order chi connectivity index (χ0) is 14.6. The second-order valence-corrected chi connectivity index (χ2v) is 5.53. The summed E-state index contributed by atoms with van der Waals surface area (Å²) < 4.78 is 5.37. The summed E-state index contributed by atoms with van der Waals surface area (Å²) in [6, 6.07) is 8.00. The lowest BCUT2D eigenvalue weighted by molar-refractivity contribution is -0.152. The van der Waals surface area contributed by atoms with Gasteiger partial charge >= 0.3 is 5.97 Å². The molecule has 20 heavy (non-hydrogen) atoms. The molecule has 2 rings (SSSR count). The largest absolute Gasteiger partial charge is 0.496 e. The van der Waals surface area contributed by atoms with E-state index in [1.165, 1.54) is 0 Å². The molecule has 1 fully saturated rings. The molecule has 0 aromatic heterocycles. The number of ether oxygens (including phenoxy) is 1. The van der Waals surface area contributed by atoms with Crippen LogP contribution in [-0.4, -0.2) is 36.2 Å². The Morgan fingerprint density at radius 3 is 2.55 bits per heavy atom. The number of hydrogen-bond donors (Lipinski definition) is 1. The molecule has 0 saturated carbocycles. The minimum absolute atomic E-state index is 0.517. The Kier molecular flexibility index (Phi) is 4.65. The normalized spacial score (nSPS) is 18.7. The van der Waals surface area contributed by atoms with Gasteiger partial charge < -0.3 is 9.84 Å². The highest BCUT2D eigenvalue weighted by Crippen LogP contribution is 2.35. The van der Waals surface area contributed by atoms with Crippen LogP contribution in [-0.2, 0) is 11.3 Å². The van der Waals surface area contributed by atoms with Gasteiger partial charge in [0.2, 0.25) is 0 Å². The standard InChI is InChI=1S/C16H23NO3/c1-3-16(15(18)19)8-10-17(11-9-16)12-13-6-4-5-7-14(13)20-2/h4-7H,3,8-12H2,1-2H3,(H,18,19). The lowest BCUT2D eigenvalue weighted by atomic mass is 9.76. The molecule has 1 aromatic carbocycles. The molecule has 0 aliphatic carbocycles. The summed E-state index contributed by atoms with van der Waals surface area (Å²) in [7, 11) is 1.68. The van der Waals surface area contributed by atoms with E-state index in [1.54, 1.807) is 7.11 Å². The van der Waals surface area contributed by atoms with Crippen LogP contribution >= 0.6 is 0 Å². The lowest BCUT2D eigenvalue weighted by Gasteiger charge is -2.38. The second-order valence-electron chi connectivity index (χ2n) is 5.53. The fourth-order valence-electron chi connectivity index (χ4n) is 2.93. The van der Waals surface area contributed by atoms with E-state index >= 15 is 0 Å². The van der Waals surface area contributed by atoms with E-state index in [4.69, 9.17) is 4.74 Å². The van der Waals surface area contributed by atoms with E-state index in [0.717, 1.165) is 43.8 Å². The van der Waals surface area contributed by atoms with Crippen LogP contribution in [0, 0.1) is 5.41 Å². The first-order valence-electron chi connectivity index (χ1n) is 7.19. The van der Waals surface area contributed by atoms with Gasteiger partial charge in [-0.25, -0.2) is 0 Å². The predicted octanol–water partition coefficient (Wildman–Crippen LogP) is 2.77. The van der Waals surface area contributed by atoms with Gasteiger partial charge in [0.25, 0.3) is 0 Å². The molecule has 110 valence electrons. The van der Waals surface area contributed by atoms with Crippen molar-refractivity contribution in [3.63, 3.8) is 0 Å². The van der Waals surface area contributed by atoms with Crippen molar-refractivity contribution in [1.82, 2.24) is 4.90 Å². The van der Waals surface area contributed by atoms with Gasteiger partial charge in [-0.05, 0) is 38.4 Å². The molecule has 0 spiro atoms. The molecule has 1 aliphatic rings. The number of rotatable bonds is 5. The summed E-state index contributed by atoms with van der Waals surface area (Å²) in [6.07, 6.45) is 2.17. The molecule has 0 unspecified atom stereocenters. The molecule has 1 aromatic rings. The number of likely N-dealkylation sites (tertiary alicyclic amines) is 1. The maximum Gasteiger partial charge on any atom is 0.309 e. The fraction of sp³-hybridized carbons (Fsp3) is 0.562. The average molecular weight is 277 g/mol. The predicted molar refractivity (Wildman–Crippen MR) is 77.9 cm³/mol. The molecule has 4 nitrogen and oxygen atoms in total. The van der Waals surface area contributed by atoms with Gasteiger partial charge in [0.05, 0.1) is 12.5 Å². The third-order valence-corrected chi connectivity index (χ3v) is 4.53. The maximum absolute atomic E-state index is 11.4. The van der Waals surface area contributed by atoms with Crippen LogP contribution < -0.4 is 4.74 Å². The van der Waals surface area contributed by atoms with E-state index in [1.807, 2.05) is 25.1 Å². The van der Waals surface area contributed by atoms with E-state index in [-0.39, 0.29) is 0 Å². The highest BCUT2D eigenvalue weighted by Gasteiger charge is 2.39. The van der Waals surface area contributed by atoms with E-state index in [9.17, 15) is 9.90 Å². The summed E-state index contributed by atoms with van der Waals surface area (Å²) in [5.41, 5.74) is 0.645. The summed E-state index contributed by atoms with van der Waals surface area (Å²) in [4.78, 5) is 13.7. The highest BCUT2D eigenvalue weighted by molar-refractivity contribution is 5.74. The van der Waals surface area contributed by atoms with Gasteiger partial charge in [0, 0.05) is 12.1 Å². The van der Waals surface area contributed by atoms with Gasteiger partial charge in [0.1, 0.15) is 5.75 Å². The SMILES string of the molecule is CCC1(C(=O)O)CCN(Cc2ccccc2OC)CC1. The Hall–Kier alpha value is -1.55. The molecule has 0 atom stereocenters. The Morgan fingerprint density at radius 1 is 1.35 bits per heavy atom. The van der Waals surface area contributed by atoms with Crippen LogP contribution in [0.15, 0.2) is 24.3 Å². The summed E-state index contributed by atoms with van der Waals surface area (Å²) in [5, 5.41) is 9.41. The zero-order valence-electron chi connectivity index (χ0n) is 12.3. The van der Waals surface area contributed by atoms with Crippen LogP contribution in [0.5, 0.6) is 5.75 Å². The van der Waals surface area contributed by atoms with Crippen molar-refractivity contribution in [3.05, 3.63) is 29.8 Å². The molecule has 1 aliphatic heterocycles. The number of hydrogen-bond acceptors (Lipinski definition) is 3. The number of carboxylic acids is 1. The highest BCUT2D eigenvalue weighted by atomic mass is 16.5. The number of para-hydroxylation sites is 1. The van der Waals surface area contributed by atoms with E-state index in [0.29, 0.717) is 6.42 Å². The molecule has 1 saturated heterocycles. The molecule has 1 N–H and O–H groups in total. The van der Waals surface area contributed by atoms with Crippen molar-refractivity contribution < 1.29 is 14.6 Å². The minimum Gasteiger partial charge on any atom is -0.496 e. The van der Waals surface area contributed by atoms with E-state index in [2.05, 4.69) is 11.0 Å². The van der Waals surface area contributed by atoms with Gasteiger partial charge in [-0.2, -0.15) is 0 Å². The maximum atomic E-state index is 11.4. The molecule has 0 amide bonds. The Balaban J connectivity index is 1.99. The summed E-state index contributed by atoms with van der Waals surface area (Å²) in [6.45, 7) is 4.46. The topological polar surface area (TPSA) is 49.8 Å². The Bertz CT molecular complexity index is 465. The molecule has 0 bridgehead atoms. The second kappa shape index (κ2) is 6.27. The number of aliphatic carboxylic acids is 1. The van der Waals surface area contributed by atoms with E-state index < -0.39 is 11.4 Å². The van der Waals surface area contributed by atoms with Crippen molar-refractivity contribution in [3.8, 4) is 5.75 Å². The number of methoxy groups -OCH3 is 1. The molecular formula is C16H23NO3. The Labute approximate surface area is 120 Å². The van der Waals surface area contributed by atoms with Crippen molar-refractivity contribution >= 4 is 5.97 Å². The number of carboxylic acid groups (broad SMARTS) is 1. The van der Waals surface area contributed by atoms with Crippen molar-refractivity contribution in [2.45, 2.75) is 32.7 Å². The third kappa shape index (κ3) is 2.96. The van der Waals surface area contributed by atoms with Gasteiger partial charge in [0.15, 0.2) is 0 Å². The number of benzene rings is 1.